The second-order valence-electron chi connectivity index (χ2n) is 5.35. The van der Waals surface area contributed by atoms with Gasteiger partial charge < -0.3 is 10.2 Å². The number of aliphatic hydroxyl groups excluding tert-OH is 1. The molecule has 1 aromatic rings. The Morgan fingerprint density at radius 2 is 2.00 bits per heavy atom. The van der Waals surface area contributed by atoms with E-state index in [4.69, 9.17) is 0 Å². The van der Waals surface area contributed by atoms with E-state index >= 15 is 0 Å². The summed E-state index contributed by atoms with van der Waals surface area (Å²) in [5.74, 6) is 0.539. The molecular formula is C13H18N2O3S. The van der Waals surface area contributed by atoms with Crippen LogP contribution in [0, 0.1) is 0 Å². The fourth-order valence-electron chi connectivity index (χ4n) is 2.99. The van der Waals surface area contributed by atoms with Crippen LogP contribution in [0.2, 0.25) is 0 Å². The molecule has 3 rings (SSSR count). The van der Waals surface area contributed by atoms with Gasteiger partial charge >= 0.3 is 0 Å². The highest BCUT2D eigenvalue weighted by Gasteiger charge is 2.28. The first-order valence-electron chi connectivity index (χ1n) is 6.81. The van der Waals surface area contributed by atoms with E-state index in [0.29, 0.717) is 16.5 Å². The van der Waals surface area contributed by atoms with Gasteiger partial charge in [-0.1, -0.05) is 31.0 Å². The molecule has 2 N–H and O–H groups in total. The minimum Gasteiger partial charge on any atom is -0.493 e. The average Bonchev–Trinajstić information content (AvgIpc) is 2.41. The molecule has 0 saturated heterocycles. The zero-order valence-electron chi connectivity index (χ0n) is 10.7. The number of rotatable bonds is 1. The Morgan fingerprint density at radius 1 is 1.26 bits per heavy atom. The fraction of sp³-hybridized carbons (Fsp3) is 0.692. The van der Waals surface area contributed by atoms with Gasteiger partial charge in [-0.15, -0.1) is 0 Å². The summed E-state index contributed by atoms with van der Waals surface area (Å²) in [6, 6.07) is 0. The second-order valence-corrected chi connectivity index (χ2v) is 6.33. The summed E-state index contributed by atoms with van der Waals surface area (Å²) in [5.41, 5.74) is 0.291. The number of hydrogen-bond donors (Lipinski definition) is 2. The maximum absolute atomic E-state index is 12.5. The first-order chi connectivity index (χ1) is 9.16. The molecule has 0 unspecified atom stereocenters. The second kappa shape index (κ2) is 5.17. The Morgan fingerprint density at radius 3 is 2.74 bits per heavy atom. The zero-order valence-corrected chi connectivity index (χ0v) is 11.5. The smallest absolute Gasteiger partial charge is 0.261 e. The molecule has 19 heavy (non-hydrogen) atoms. The van der Waals surface area contributed by atoms with Gasteiger partial charge in [-0.25, -0.2) is 0 Å². The molecule has 6 heteroatoms. The molecule has 1 aliphatic heterocycles. The molecule has 5 nitrogen and oxygen atoms in total. The van der Waals surface area contributed by atoms with Crippen molar-refractivity contribution >= 4 is 11.8 Å². The molecule has 1 saturated carbocycles. The van der Waals surface area contributed by atoms with Gasteiger partial charge in [0.1, 0.15) is 0 Å². The lowest BCUT2D eigenvalue weighted by molar-refractivity contribution is 0.166. The van der Waals surface area contributed by atoms with Crippen LogP contribution in [0.15, 0.2) is 9.95 Å². The van der Waals surface area contributed by atoms with E-state index in [-0.39, 0.29) is 23.9 Å². The highest BCUT2D eigenvalue weighted by Crippen LogP contribution is 2.35. The largest absolute Gasteiger partial charge is 0.493 e. The lowest BCUT2D eigenvalue weighted by Crippen LogP contribution is -2.36. The van der Waals surface area contributed by atoms with Gasteiger partial charge in [0.25, 0.3) is 5.56 Å². The van der Waals surface area contributed by atoms with Crippen LogP contribution in [-0.4, -0.2) is 31.6 Å². The molecule has 0 radical (unpaired) electrons. The minimum atomic E-state index is -0.513. The van der Waals surface area contributed by atoms with Gasteiger partial charge in [-0.3, -0.25) is 9.36 Å². The van der Waals surface area contributed by atoms with Crippen molar-refractivity contribution in [2.24, 2.45) is 0 Å². The van der Waals surface area contributed by atoms with Crippen molar-refractivity contribution in [1.29, 1.82) is 0 Å². The van der Waals surface area contributed by atoms with Crippen LogP contribution >= 0.6 is 11.8 Å². The SMILES string of the molecule is O=c1c(C2CCCCC2)c(O)nc2n1C[C@H](O)CS2. The lowest BCUT2D eigenvalue weighted by atomic mass is 9.85. The van der Waals surface area contributed by atoms with Gasteiger partial charge in [-0.2, -0.15) is 4.98 Å². The quantitative estimate of drug-likeness (QED) is 0.763. The molecule has 2 heterocycles. The van der Waals surface area contributed by atoms with Crippen LogP contribution in [0.25, 0.3) is 0 Å². The summed E-state index contributed by atoms with van der Waals surface area (Å²) in [6.07, 6.45) is 4.77. The summed E-state index contributed by atoms with van der Waals surface area (Å²) < 4.78 is 1.52. The van der Waals surface area contributed by atoms with E-state index in [0.717, 1.165) is 25.7 Å². The predicted octanol–water partition coefficient (Wildman–Crippen LogP) is 1.46. The van der Waals surface area contributed by atoms with Crippen molar-refractivity contribution in [3.63, 3.8) is 0 Å². The topological polar surface area (TPSA) is 75.3 Å². The number of aromatic hydroxyl groups is 1. The van der Waals surface area contributed by atoms with Crippen molar-refractivity contribution in [2.45, 2.75) is 55.8 Å². The Balaban J connectivity index is 2.05. The maximum atomic E-state index is 12.5. The van der Waals surface area contributed by atoms with Gasteiger partial charge in [0.2, 0.25) is 5.88 Å². The summed E-state index contributed by atoms with van der Waals surface area (Å²) in [5, 5.41) is 20.3. The molecule has 0 amide bonds. The third-order valence-electron chi connectivity index (χ3n) is 3.96. The number of nitrogens with zero attached hydrogens (tertiary/aromatic N) is 2. The Kier molecular flexibility index (Phi) is 3.54. The van der Waals surface area contributed by atoms with Crippen LogP contribution in [0.4, 0.5) is 0 Å². The number of fused-ring (bicyclic) bond motifs is 1. The molecule has 1 aliphatic carbocycles. The van der Waals surface area contributed by atoms with E-state index in [1.54, 1.807) is 0 Å². The van der Waals surface area contributed by atoms with Crippen molar-refractivity contribution in [3.8, 4) is 5.88 Å². The number of aliphatic hydroxyl groups is 1. The summed E-state index contributed by atoms with van der Waals surface area (Å²) in [4.78, 5) is 16.7. The fourth-order valence-corrected chi connectivity index (χ4v) is 3.90. The standard InChI is InChI=1S/C13H18N2O3S/c16-9-6-15-12(18)10(8-4-2-1-3-5-8)11(17)14-13(15)19-7-9/h8-9,16-17H,1-7H2/t9-/m0/s1. The number of hydrogen-bond acceptors (Lipinski definition) is 5. The first-order valence-corrected chi connectivity index (χ1v) is 7.80. The first kappa shape index (κ1) is 13.0. The minimum absolute atomic E-state index is 0.105. The Hall–Kier alpha value is -1.01. The van der Waals surface area contributed by atoms with Crippen LogP contribution in [-0.2, 0) is 6.54 Å². The molecule has 2 aliphatic rings. The Labute approximate surface area is 115 Å². The molecule has 1 atom stereocenters. The molecule has 0 aromatic carbocycles. The van der Waals surface area contributed by atoms with Crippen LogP contribution in [0.3, 0.4) is 0 Å². The monoisotopic (exact) mass is 282 g/mol. The summed E-state index contributed by atoms with van der Waals surface area (Å²) >= 11 is 1.32. The van der Waals surface area contributed by atoms with Crippen molar-refractivity contribution in [3.05, 3.63) is 15.9 Å². The molecule has 0 spiro atoms. The van der Waals surface area contributed by atoms with Crippen LogP contribution in [0.5, 0.6) is 5.88 Å². The molecule has 1 aromatic heterocycles. The van der Waals surface area contributed by atoms with E-state index in [2.05, 4.69) is 4.98 Å². The van der Waals surface area contributed by atoms with E-state index in [1.165, 1.54) is 22.7 Å². The maximum Gasteiger partial charge on any atom is 0.261 e. The highest BCUT2D eigenvalue weighted by atomic mass is 32.2. The Bertz CT molecular complexity index is 537. The molecule has 0 bridgehead atoms. The van der Waals surface area contributed by atoms with Crippen LogP contribution < -0.4 is 5.56 Å². The van der Waals surface area contributed by atoms with Gasteiger partial charge in [-0.05, 0) is 18.8 Å². The molecule has 104 valence electrons. The van der Waals surface area contributed by atoms with E-state index in [1.807, 2.05) is 0 Å². The highest BCUT2D eigenvalue weighted by molar-refractivity contribution is 7.99. The van der Waals surface area contributed by atoms with Crippen molar-refractivity contribution in [1.82, 2.24) is 9.55 Å². The van der Waals surface area contributed by atoms with Crippen molar-refractivity contribution in [2.75, 3.05) is 5.75 Å². The molecular weight excluding hydrogens is 264 g/mol. The third-order valence-corrected chi connectivity index (χ3v) is 5.08. The predicted molar refractivity (Wildman–Crippen MR) is 72.7 cm³/mol. The van der Waals surface area contributed by atoms with E-state index < -0.39 is 6.10 Å². The van der Waals surface area contributed by atoms with Crippen LogP contribution in [0.1, 0.15) is 43.6 Å². The zero-order chi connectivity index (χ0) is 13.4. The van der Waals surface area contributed by atoms with E-state index in [9.17, 15) is 15.0 Å². The van der Waals surface area contributed by atoms with Gasteiger partial charge in [0.05, 0.1) is 18.2 Å². The third kappa shape index (κ3) is 2.39. The summed E-state index contributed by atoms with van der Waals surface area (Å²) in [6.45, 7) is 0.286. The summed E-state index contributed by atoms with van der Waals surface area (Å²) in [7, 11) is 0. The lowest BCUT2D eigenvalue weighted by Gasteiger charge is -2.26. The molecule has 1 fully saturated rings. The number of thioether (sulfide) groups is 1. The van der Waals surface area contributed by atoms with Crippen molar-refractivity contribution < 1.29 is 10.2 Å². The average molecular weight is 282 g/mol. The number of aromatic nitrogens is 2. The van der Waals surface area contributed by atoms with Gasteiger partial charge in [0.15, 0.2) is 5.16 Å². The van der Waals surface area contributed by atoms with Gasteiger partial charge in [0, 0.05) is 5.75 Å². The normalized spacial score (nSPS) is 24.2.